The molecule has 0 radical (unpaired) electrons. The maximum atomic E-state index is 11.7. The van der Waals surface area contributed by atoms with E-state index in [0.29, 0.717) is 6.08 Å². The lowest BCUT2D eigenvalue weighted by Gasteiger charge is -2.18. The van der Waals surface area contributed by atoms with Crippen molar-refractivity contribution in [3.63, 3.8) is 0 Å². The fourth-order valence-electron chi connectivity index (χ4n) is 1.34. The van der Waals surface area contributed by atoms with Gasteiger partial charge < -0.3 is 10.2 Å². The average molecular weight is 265 g/mol. The molecule has 1 rings (SSSR count). The van der Waals surface area contributed by atoms with Gasteiger partial charge in [-0.3, -0.25) is 9.63 Å². The van der Waals surface area contributed by atoms with E-state index >= 15 is 0 Å². The highest BCUT2D eigenvalue weighted by atomic mass is 16.7. The van der Waals surface area contributed by atoms with Crippen molar-refractivity contribution >= 4 is 11.9 Å². The summed E-state index contributed by atoms with van der Waals surface area (Å²) in [6.45, 7) is 2.09. The molecule has 0 aromatic heterocycles. The van der Waals surface area contributed by atoms with Crippen LogP contribution in [-0.2, 0) is 21.0 Å². The Morgan fingerprint density at radius 1 is 1.26 bits per heavy atom. The molecule has 0 spiro atoms. The number of carbonyl (C=O) groups is 2. The average Bonchev–Trinajstić information content (AvgIpc) is 2.37. The molecule has 6 heteroatoms. The zero-order chi connectivity index (χ0) is 14.4. The highest BCUT2D eigenvalue weighted by molar-refractivity contribution is 5.95. The van der Waals surface area contributed by atoms with Crippen LogP contribution in [0.4, 0.5) is 0 Å². The van der Waals surface area contributed by atoms with Gasteiger partial charge >= 0.3 is 5.97 Å². The van der Waals surface area contributed by atoms with Crippen molar-refractivity contribution in [3.05, 3.63) is 47.2 Å². The number of aliphatic carboxylic acids is 1. The van der Waals surface area contributed by atoms with E-state index in [2.05, 4.69) is 0 Å². The number of rotatable bonds is 5. The number of aliphatic hydroxyl groups is 1. The first-order valence-electron chi connectivity index (χ1n) is 5.49. The number of carboxylic acid groups (broad SMARTS) is 1. The van der Waals surface area contributed by atoms with E-state index in [4.69, 9.17) is 15.1 Å². The normalized spacial score (nSPS) is 11.2. The molecule has 1 aromatic carbocycles. The zero-order valence-electron chi connectivity index (χ0n) is 10.7. The van der Waals surface area contributed by atoms with Crippen molar-refractivity contribution < 1.29 is 24.6 Å². The Morgan fingerprint density at radius 3 is 2.32 bits per heavy atom. The third-order valence-electron chi connectivity index (χ3n) is 2.39. The maximum Gasteiger partial charge on any atom is 0.371 e. The van der Waals surface area contributed by atoms with E-state index in [1.54, 1.807) is 0 Å². The van der Waals surface area contributed by atoms with Crippen LogP contribution in [0.25, 0.3) is 0 Å². The van der Waals surface area contributed by atoms with Crippen LogP contribution in [0.1, 0.15) is 11.1 Å². The second kappa shape index (κ2) is 6.55. The predicted octanol–water partition coefficient (Wildman–Crippen LogP) is 1.41. The minimum absolute atomic E-state index is 0.152. The van der Waals surface area contributed by atoms with E-state index in [0.717, 1.165) is 16.2 Å². The lowest BCUT2D eigenvalue weighted by atomic mass is 10.1. The molecule has 6 nitrogen and oxygen atoms in total. The van der Waals surface area contributed by atoms with Crippen molar-refractivity contribution in [2.75, 3.05) is 7.11 Å². The quantitative estimate of drug-likeness (QED) is 0.477. The predicted molar refractivity (Wildman–Crippen MR) is 67.1 cm³/mol. The third kappa shape index (κ3) is 4.44. The largest absolute Gasteiger partial charge is 0.502 e. The van der Waals surface area contributed by atoms with E-state index in [9.17, 15) is 9.59 Å². The SMILES string of the molecule is CON(Cc1ccc(C)cc1)C(=O)/C=C(\O)C(=O)O. The standard InChI is InChI=1S/C13H15NO5/c1-9-3-5-10(6-4-9)8-14(19-2)12(16)7-11(15)13(17)18/h3-7,15H,8H2,1-2H3,(H,17,18)/b11-7-. The van der Waals surface area contributed by atoms with E-state index in [-0.39, 0.29) is 6.54 Å². The summed E-state index contributed by atoms with van der Waals surface area (Å²) in [7, 11) is 1.29. The second-order valence-electron chi connectivity index (χ2n) is 3.88. The smallest absolute Gasteiger partial charge is 0.371 e. The lowest BCUT2D eigenvalue weighted by Crippen LogP contribution is -2.28. The second-order valence-corrected chi connectivity index (χ2v) is 3.88. The van der Waals surface area contributed by atoms with Crippen LogP contribution in [0.15, 0.2) is 36.1 Å². The number of carbonyl (C=O) groups excluding carboxylic acids is 1. The van der Waals surface area contributed by atoms with Gasteiger partial charge in [-0.15, -0.1) is 0 Å². The number of hydrogen-bond acceptors (Lipinski definition) is 4. The highest BCUT2D eigenvalue weighted by Gasteiger charge is 2.15. The Bertz CT molecular complexity index is 492. The third-order valence-corrected chi connectivity index (χ3v) is 2.39. The molecule has 0 bridgehead atoms. The maximum absolute atomic E-state index is 11.7. The van der Waals surface area contributed by atoms with Gasteiger partial charge in [0.2, 0.25) is 5.76 Å². The first-order chi connectivity index (χ1) is 8.93. The molecule has 1 aromatic rings. The van der Waals surface area contributed by atoms with Crippen molar-refractivity contribution in [2.24, 2.45) is 0 Å². The summed E-state index contributed by atoms with van der Waals surface area (Å²) in [6.07, 6.45) is 0.597. The molecule has 0 heterocycles. The molecule has 0 saturated heterocycles. The molecule has 102 valence electrons. The van der Waals surface area contributed by atoms with Crippen molar-refractivity contribution in [1.29, 1.82) is 0 Å². The van der Waals surface area contributed by atoms with Gasteiger partial charge in [0.15, 0.2) is 0 Å². The Morgan fingerprint density at radius 2 is 1.84 bits per heavy atom. The molecular formula is C13H15NO5. The molecule has 1 amide bonds. The molecule has 2 N–H and O–H groups in total. The molecule has 0 aliphatic carbocycles. The van der Waals surface area contributed by atoms with Crippen LogP contribution in [0.5, 0.6) is 0 Å². The summed E-state index contributed by atoms with van der Waals surface area (Å²) in [5.41, 5.74) is 1.91. The molecule has 0 saturated carbocycles. The van der Waals surface area contributed by atoms with Crippen LogP contribution in [0.3, 0.4) is 0 Å². The number of benzene rings is 1. The number of aliphatic hydroxyl groups excluding tert-OH is 1. The minimum atomic E-state index is -1.57. The number of aryl methyl sites for hydroxylation is 1. The zero-order valence-corrected chi connectivity index (χ0v) is 10.7. The van der Waals surface area contributed by atoms with Gasteiger partial charge in [-0.2, -0.15) is 0 Å². The summed E-state index contributed by atoms with van der Waals surface area (Å²) in [5.74, 6) is -3.35. The summed E-state index contributed by atoms with van der Waals surface area (Å²) >= 11 is 0. The number of nitrogens with zero attached hydrogens (tertiary/aromatic N) is 1. The first kappa shape index (κ1) is 14.7. The fourth-order valence-corrected chi connectivity index (χ4v) is 1.34. The summed E-state index contributed by atoms with van der Waals surface area (Å²) < 4.78 is 0. The monoisotopic (exact) mass is 265 g/mol. The Balaban J connectivity index is 2.78. The highest BCUT2D eigenvalue weighted by Crippen LogP contribution is 2.08. The van der Waals surface area contributed by atoms with Crippen LogP contribution in [0.2, 0.25) is 0 Å². The van der Waals surface area contributed by atoms with E-state index in [1.165, 1.54) is 7.11 Å². The van der Waals surface area contributed by atoms with E-state index in [1.807, 2.05) is 31.2 Å². The van der Waals surface area contributed by atoms with Gasteiger partial charge in [0.1, 0.15) is 0 Å². The molecular weight excluding hydrogens is 250 g/mol. The van der Waals surface area contributed by atoms with E-state index < -0.39 is 17.6 Å². The van der Waals surface area contributed by atoms with Crippen molar-refractivity contribution in [2.45, 2.75) is 13.5 Å². The molecule has 0 fully saturated rings. The van der Waals surface area contributed by atoms with Crippen LogP contribution in [-0.4, -0.2) is 34.3 Å². The molecule has 19 heavy (non-hydrogen) atoms. The number of carboxylic acids is 1. The lowest BCUT2D eigenvalue weighted by molar-refractivity contribution is -0.173. The summed E-state index contributed by atoms with van der Waals surface area (Å²) in [5, 5.41) is 18.4. The van der Waals surface area contributed by atoms with Gasteiger partial charge in [0, 0.05) is 0 Å². The van der Waals surface area contributed by atoms with Gasteiger partial charge in [-0.1, -0.05) is 29.8 Å². The Kier molecular flexibility index (Phi) is 5.08. The van der Waals surface area contributed by atoms with Crippen LogP contribution >= 0.6 is 0 Å². The number of hydrogen-bond donors (Lipinski definition) is 2. The fraction of sp³-hybridized carbons (Fsp3) is 0.231. The summed E-state index contributed by atoms with van der Waals surface area (Å²) in [6, 6.07) is 7.43. The summed E-state index contributed by atoms with van der Waals surface area (Å²) in [4.78, 5) is 26.9. The van der Waals surface area contributed by atoms with Gasteiger partial charge in [-0.25, -0.2) is 9.86 Å². The molecule has 0 aliphatic rings. The van der Waals surface area contributed by atoms with Crippen molar-refractivity contribution in [3.8, 4) is 0 Å². The van der Waals surface area contributed by atoms with Crippen LogP contribution < -0.4 is 0 Å². The minimum Gasteiger partial charge on any atom is -0.502 e. The van der Waals surface area contributed by atoms with Gasteiger partial charge in [0.05, 0.1) is 19.7 Å². The number of hydroxylamine groups is 2. The molecule has 0 unspecified atom stereocenters. The van der Waals surface area contributed by atoms with Crippen LogP contribution in [0, 0.1) is 6.92 Å². The Labute approximate surface area is 110 Å². The van der Waals surface area contributed by atoms with Crippen molar-refractivity contribution in [1.82, 2.24) is 5.06 Å². The molecule has 0 atom stereocenters. The van der Waals surface area contributed by atoms with Gasteiger partial charge in [-0.05, 0) is 12.5 Å². The van der Waals surface area contributed by atoms with Gasteiger partial charge in [0.25, 0.3) is 5.91 Å². The first-order valence-corrected chi connectivity index (χ1v) is 5.49. The number of amides is 1. The Hall–Kier alpha value is -2.34. The topological polar surface area (TPSA) is 87.1 Å². The molecule has 0 aliphatic heterocycles.